The molecule has 0 aromatic heterocycles. The Morgan fingerprint density at radius 3 is 1.00 bits per heavy atom. The second-order valence-electron chi connectivity index (χ2n) is 8.34. The van der Waals surface area contributed by atoms with E-state index in [0.29, 0.717) is 0 Å². The Labute approximate surface area is 165 Å². The molecule has 0 radical (unpaired) electrons. The lowest BCUT2D eigenvalue weighted by Crippen LogP contribution is -2.10. The molecule has 0 saturated heterocycles. The zero-order valence-corrected chi connectivity index (χ0v) is 18.0. The monoisotopic (exact) mass is 370 g/mol. The topological polar surface area (TPSA) is 40.5 Å². The summed E-state index contributed by atoms with van der Waals surface area (Å²) in [5.74, 6) is 0. The van der Waals surface area contributed by atoms with Gasteiger partial charge in [0.15, 0.2) is 0 Å². The number of aliphatic hydroxyl groups excluding tert-OH is 2. The summed E-state index contributed by atoms with van der Waals surface area (Å²) in [6.45, 7) is 2.20. The van der Waals surface area contributed by atoms with Crippen LogP contribution in [-0.4, -0.2) is 22.9 Å². The van der Waals surface area contributed by atoms with E-state index < -0.39 is 6.10 Å². The van der Waals surface area contributed by atoms with Gasteiger partial charge in [0.05, 0.1) is 12.7 Å². The second-order valence-corrected chi connectivity index (χ2v) is 8.34. The number of rotatable bonds is 22. The fourth-order valence-electron chi connectivity index (χ4n) is 3.73. The van der Waals surface area contributed by atoms with Crippen molar-refractivity contribution in [3.63, 3.8) is 0 Å². The Morgan fingerprint density at radius 1 is 0.462 bits per heavy atom. The molecule has 0 heterocycles. The predicted octanol–water partition coefficient (Wildman–Crippen LogP) is 7.55. The maximum atomic E-state index is 9.26. The van der Waals surface area contributed by atoms with Gasteiger partial charge in [-0.15, -0.1) is 0 Å². The molecule has 0 aliphatic heterocycles. The van der Waals surface area contributed by atoms with Gasteiger partial charge < -0.3 is 10.2 Å². The zero-order chi connectivity index (χ0) is 19.1. The fraction of sp³-hybridized carbons (Fsp3) is 1.00. The van der Waals surface area contributed by atoms with Crippen molar-refractivity contribution in [2.24, 2.45) is 0 Å². The van der Waals surface area contributed by atoms with E-state index in [1.807, 2.05) is 0 Å². The molecular formula is C24H50O2. The molecule has 0 rings (SSSR count). The summed E-state index contributed by atoms with van der Waals surface area (Å²) in [4.78, 5) is 0. The van der Waals surface area contributed by atoms with Gasteiger partial charge in [0.25, 0.3) is 0 Å². The molecule has 0 aromatic carbocycles. The summed E-state index contributed by atoms with van der Waals surface area (Å²) in [7, 11) is 0. The minimum atomic E-state index is -0.495. The van der Waals surface area contributed by atoms with Gasteiger partial charge in [0, 0.05) is 0 Å². The summed E-state index contributed by atoms with van der Waals surface area (Å²) in [5, 5.41) is 18.0. The van der Waals surface area contributed by atoms with Gasteiger partial charge in [-0.05, 0) is 6.42 Å². The van der Waals surface area contributed by atoms with Crippen LogP contribution in [0.5, 0.6) is 0 Å². The van der Waals surface area contributed by atoms with Crippen molar-refractivity contribution in [1.29, 1.82) is 0 Å². The first-order chi connectivity index (χ1) is 12.8. The molecule has 2 heteroatoms. The van der Waals surface area contributed by atoms with E-state index in [2.05, 4.69) is 6.92 Å². The van der Waals surface area contributed by atoms with E-state index >= 15 is 0 Å². The highest BCUT2D eigenvalue weighted by molar-refractivity contribution is 4.54. The van der Waals surface area contributed by atoms with E-state index in [9.17, 15) is 5.11 Å². The maximum absolute atomic E-state index is 9.26. The predicted molar refractivity (Wildman–Crippen MR) is 116 cm³/mol. The lowest BCUT2D eigenvalue weighted by Gasteiger charge is -2.06. The molecule has 1 atom stereocenters. The van der Waals surface area contributed by atoms with Gasteiger partial charge in [-0.1, -0.05) is 135 Å². The number of aliphatic hydroxyl groups is 2. The van der Waals surface area contributed by atoms with E-state index in [4.69, 9.17) is 5.11 Å². The number of hydrogen-bond donors (Lipinski definition) is 2. The van der Waals surface area contributed by atoms with Crippen LogP contribution in [0.25, 0.3) is 0 Å². The Kier molecular flexibility index (Phi) is 22.9. The maximum Gasteiger partial charge on any atom is 0.0770 e. The molecule has 0 aromatic rings. The molecule has 0 unspecified atom stereocenters. The smallest absolute Gasteiger partial charge is 0.0770 e. The van der Waals surface area contributed by atoms with Gasteiger partial charge in [0.1, 0.15) is 0 Å². The molecule has 0 amide bonds. The lowest BCUT2D eigenvalue weighted by atomic mass is 10.0. The third kappa shape index (κ3) is 22.0. The van der Waals surface area contributed by atoms with Crippen LogP contribution >= 0.6 is 0 Å². The SMILES string of the molecule is CCCCCCCCCCCCCCCCCCCCCC[C@@H](O)CO. The Morgan fingerprint density at radius 2 is 0.731 bits per heavy atom. The van der Waals surface area contributed by atoms with Crippen molar-refractivity contribution in [2.75, 3.05) is 6.61 Å². The molecule has 26 heavy (non-hydrogen) atoms. The minimum Gasteiger partial charge on any atom is -0.394 e. The van der Waals surface area contributed by atoms with Crippen LogP contribution in [0.4, 0.5) is 0 Å². The number of hydrogen-bond acceptors (Lipinski definition) is 2. The molecule has 2 N–H and O–H groups in total. The van der Waals surface area contributed by atoms with Crippen LogP contribution in [0.1, 0.15) is 142 Å². The molecule has 0 aliphatic rings. The molecule has 0 bridgehead atoms. The van der Waals surface area contributed by atoms with E-state index in [1.165, 1.54) is 122 Å². The molecule has 158 valence electrons. The van der Waals surface area contributed by atoms with Crippen molar-refractivity contribution >= 4 is 0 Å². The van der Waals surface area contributed by atoms with E-state index in [-0.39, 0.29) is 6.61 Å². The molecule has 0 saturated carbocycles. The zero-order valence-electron chi connectivity index (χ0n) is 18.0. The largest absolute Gasteiger partial charge is 0.394 e. The van der Waals surface area contributed by atoms with E-state index in [1.54, 1.807) is 0 Å². The van der Waals surface area contributed by atoms with Crippen molar-refractivity contribution in [1.82, 2.24) is 0 Å². The first-order valence-electron chi connectivity index (χ1n) is 12.1. The summed E-state index contributed by atoms with van der Waals surface area (Å²) >= 11 is 0. The molecule has 0 spiro atoms. The van der Waals surface area contributed by atoms with Crippen LogP contribution in [0.15, 0.2) is 0 Å². The Bertz CT molecular complexity index is 242. The van der Waals surface area contributed by atoms with Crippen molar-refractivity contribution in [2.45, 2.75) is 148 Å². The fourth-order valence-corrected chi connectivity index (χ4v) is 3.73. The molecule has 0 aliphatic carbocycles. The van der Waals surface area contributed by atoms with Crippen LogP contribution in [0.3, 0.4) is 0 Å². The minimum absolute atomic E-state index is 0.0842. The van der Waals surface area contributed by atoms with Gasteiger partial charge in [0.2, 0.25) is 0 Å². The van der Waals surface area contributed by atoms with Crippen LogP contribution in [-0.2, 0) is 0 Å². The van der Waals surface area contributed by atoms with Gasteiger partial charge >= 0.3 is 0 Å². The Balaban J connectivity index is 2.99. The normalized spacial score (nSPS) is 12.6. The van der Waals surface area contributed by atoms with Crippen LogP contribution in [0.2, 0.25) is 0 Å². The van der Waals surface area contributed by atoms with Crippen molar-refractivity contribution in [3.8, 4) is 0 Å². The molecular weight excluding hydrogens is 320 g/mol. The average molecular weight is 371 g/mol. The molecule has 2 nitrogen and oxygen atoms in total. The van der Waals surface area contributed by atoms with Gasteiger partial charge in [-0.2, -0.15) is 0 Å². The first-order valence-corrected chi connectivity index (χ1v) is 12.1. The quantitative estimate of drug-likeness (QED) is 0.193. The van der Waals surface area contributed by atoms with Gasteiger partial charge in [-0.3, -0.25) is 0 Å². The van der Waals surface area contributed by atoms with E-state index in [0.717, 1.165) is 12.8 Å². The van der Waals surface area contributed by atoms with Crippen LogP contribution in [0, 0.1) is 0 Å². The first kappa shape index (κ1) is 25.9. The molecule has 0 fully saturated rings. The highest BCUT2D eigenvalue weighted by atomic mass is 16.3. The number of unbranched alkanes of at least 4 members (excludes halogenated alkanes) is 19. The highest BCUT2D eigenvalue weighted by Gasteiger charge is 2.00. The summed E-state index contributed by atoms with van der Waals surface area (Å²) in [6, 6.07) is 0. The lowest BCUT2D eigenvalue weighted by molar-refractivity contribution is 0.0860. The standard InChI is InChI=1S/C24H50O2/c1-2-3-4-5-6-7-8-9-10-11-12-13-14-15-16-17-18-19-20-21-22-24(26)23-25/h24-26H,2-23H2,1H3/t24-/m1/s1. The van der Waals surface area contributed by atoms with Gasteiger partial charge in [-0.25, -0.2) is 0 Å². The Hall–Kier alpha value is -0.0800. The third-order valence-corrected chi connectivity index (χ3v) is 5.60. The van der Waals surface area contributed by atoms with Crippen molar-refractivity contribution < 1.29 is 10.2 Å². The van der Waals surface area contributed by atoms with Crippen LogP contribution < -0.4 is 0 Å². The second kappa shape index (κ2) is 23.0. The average Bonchev–Trinajstić information content (AvgIpc) is 2.66. The summed E-state index contributed by atoms with van der Waals surface area (Å²) < 4.78 is 0. The highest BCUT2D eigenvalue weighted by Crippen LogP contribution is 2.15. The summed E-state index contributed by atoms with van der Waals surface area (Å²) in [5.41, 5.74) is 0. The van der Waals surface area contributed by atoms with Crippen molar-refractivity contribution in [3.05, 3.63) is 0 Å². The summed E-state index contributed by atoms with van der Waals surface area (Å²) in [6.07, 6.45) is 28.1. The third-order valence-electron chi connectivity index (χ3n) is 5.60.